The van der Waals surface area contributed by atoms with E-state index in [1.807, 2.05) is 0 Å². The zero-order valence-electron chi connectivity index (χ0n) is 15.1. The summed E-state index contributed by atoms with van der Waals surface area (Å²) in [6.45, 7) is 7.12. The Hall–Kier alpha value is -1.91. The third-order valence-electron chi connectivity index (χ3n) is 5.04. The van der Waals surface area contributed by atoms with Crippen molar-refractivity contribution < 1.29 is 14.6 Å². The summed E-state index contributed by atoms with van der Waals surface area (Å²) in [6.07, 6.45) is 3.47. The maximum Gasteiger partial charge on any atom is 0.315 e. The third-order valence-corrected chi connectivity index (χ3v) is 5.04. The summed E-state index contributed by atoms with van der Waals surface area (Å²) < 4.78 is 5.09. The molecule has 2 rings (SSSR count). The van der Waals surface area contributed by atoms with E-state index in [1.165, 1.54) is 20.0 Å². The van der Waals surface area contributed by atoms with E-state index in [2.05, 4.69) is 31.4 Å². The predicted octanol–water partition coefficient (Wildman–Crippen LogP) is 3.66. The van der Waals surface area contributed by atoms with E-state index in [-0.39, 0.29) is 17.8 Å². The molecule has 24 heavy (non-hydrogen) atoms. The predicted molar refractivity (Wildman–Crippen MR) is 95.2 cm³/mol. The molecule has 0 bridgehead atoms. The second-order valence-electron chi connectivity index (χ2n) is 7.27. The standard InChI is InChI=1S/C19H30N2O3/c1-12(2)15-7-5-13(3)9-16(15)21-19(23)20-11-14-6-8-17(22)18(10-14)24-4/h6,8,10,12-13,15-16,22H,5,7,9,11H2,1-4H3,(H2,20,21,23)/t13-,15+,16-/m1/s1. The van der Waals surface area contributed by atoms with E-state index in [4.69, 9.17) is 4.74 Å². The van der Waals surface area contributed by atoms with Crippen molar-refractivity contribution in [2.24, 2.45) is 17.8 Å². The molecule has 0 heterocycles. The number of hydrogen-bond donors (Lipinski definition) is 3. The third kappa shape index (κ3) is 4.79. The Kier molecular flexibility index (Phi) is 6.35. The van der Waals surface area contributed by atoms with Crippen LogP contribution in [-0.2, 0) is 6.54 Å². The van der Waals surface area contributed by atoms with Gasteiger partial charge < -0.3 is 20.5 Å². The van der Waals surface area contributed by atoms with Crippen molar-refractivity contribution >= 4 is 6.03 Å². The van der Waals surface area contributed by atoms with Gasteiger partial charge in [0.25, 0.3) is 0 Å². The van der Waals surface area contributed by atoms with Gasteiger partial charge in [-0.15, -0.1) is 0 Å². The van der Waals surface area contributed by atoms with Crippen molar-refractivity contribution in [1.29, 1.82) is 0 Å². The zero-order chi connectivity index (χ0) is 17.7. The Balaban J connectivity index is 1.90. The van der Waals surface area contributed by atoms with Crippen molar-refractivity contribution in [3.63, 3.8) is 0 Å². The zero-order valence-corrected chi connectivity index (χ0v) is 15.1. The fourth-order valence-electron chi connectivity index (χ4n) is 3.60. The number of hydrogen-bond acceptors (Lipinski definition) is 3. The van der Waals surface area contributed by atoms with E-state index < -0.39 is 0 Å². The molecular formula is C19H30N2O3. The lowest BCUT2D eigenvalue weighted by Crippen LogP contribution is -2.49. The van der Waals surface area contributed by atoms with Crippen LogP contribution in [0.15, 0.2) is 18.2 Å². The smallest absolute Gasteiger partial charge is 0.315 e. The SMILES string of the molecule is COc1cc(CNC(=O)N[C@@H]2C[C@H](C)CC[C@H]2C(C)C)ccc1O. The molecule has 3 atom stereocenters. The molecule has 5 nitrogen and oxygen atoms in total. The molecule has 2 amide bonds. The van der Waals surface area contributed by atoms with Crippen molar-refractivity contribution in [2.75, 3.05) is 7.11 Å². The molecule has 1 aliphatic rings. The maximum atomic E-state index is 12.3. The van der Waals surface area contributed by atoms with Crippen LogP contribution in [0.4, 0.5) is 4.79 Å². The normalized spacial score (nSPS) is 23.8. The number of phenolic OH excluding ortho intramolecular Hbond substituents is 1. The molecule has 1 aliphatic carbocycles. The van der Waals surface area contributed by atoms with Gasteiger partial charge in [0.1, 0.15) is 0 Å². The fraction of sp³-hybridized carbons (Fsp3) is 0.632. The molecule has 134 valence electrons. The monoisotopic (exact) mass is 334 g/mol. The molecule has 0 radical (unpaired) electrons. The lowest BCUT2D eigenvalue weighted by Gasteiger charge is -2.37. The van der Waals surface area contributed by atoms with Gasteiger partial charge in [0.2, 0.25) is 0 Å². The summed E-state index contributed by atoms with van der Waals surface area (Å²) >= 11 is 0. The van der Waals surface area contributed by atoms with Gasteiger partial charge in [-0.05, 0) is 48.3 Å². The molecule has 1 saturated carbocycles. The first kappa shape index (κ1) is 18.4. The Morgan fingerprint density at radius 3 is 2.79 bits per heavy atom. The fourth-order valence-corrected chi connectivity index (χ4v) is 3.60. The number of benzene rings is 1. The number of nitrogens with one attached hydrogen (secondary N) is 2. The van der Waals surface area contributed by atoms with Gasteiger partial charge >= 0.3 is 6.03 Å². The quantitative estimate of drug-likeness (QED) is 0.769. The minimum atomic E-state index is -0.133. The van der Waals surface area contributed by atoms with Crippen LogP contribution in [0.5, 0.6) is 11.5 Å². The maximum absolute atomic E-state index is 12.3. The van der Waals surface area contributed by atoms with Crippen LogP contribution in [-0.4, -0.2) is 24.3 Å². The second-order valence-corrected chi connectivity index (χ2v) is 7.27. The van der Waals surface area contributed by atoms with Crippen LogP contribution in [0.2, 0.25) is 0 Å². The first-order valence-electron chi connectivity index (χ1n) is 8.81. The number of ether oxygens (including phenoxy) is 1. The number of phenols is 1. The summed E-state index contributed by atoms with van der Waals surface area (Å²) in [4.78, 5) is 12.3. The topological polar surface area (TPSA) is 70.6 Å². The van der Waals surface area contributed by atoms with Crippen LogP contribution in [0.1, 0.15) is 45.6 Å². The molecule has 0 aliphatic heterocycles. The average Bonchev–Trinajstić information content (AvgIpc) is 2.53. The summed E-state index contributed by atoms with van der Waals surface area (Å²) in [6, 6.07) is 5.19. The summed E-state index contributed by atoms with van der Waals surface area (Å²) in [5, 5.41) is 15.7. The van der Waals surface area contributed by atoms with E-state index in [0.29, 0.717) is 30.0 Å². The number of carbonyl (C=O) groups is 1. The van der Waals surface area contributed by atoms with Gasteiger partial charge in [-0.3, -0.25) is 0 Å². The van der Waals surface area contributed by atoms with Crippen molar-refractivity contribution in [1.82, 2.24) is 10.6 Å². The van der Waals surface area contributed by atoms with Crippen LogP contribution >= 0.6 is 0 Å². The number of urea groups is 1. The Morgan fingerprint density at radius 2 is 2.12 bits per heavy atom. The highest BCUT2D eigenvalue weighted by atomic mass is 16.5. The Morgan fingerprint density at radius 1 is 1.38 bits per heavy atom. The van der Waals surface area contributed by atoms with Crippen molar-refractivity contribution in [2.45, 2.75) is 52.6 Å². The second kappa shape index (κ2) is 8.27. The molecule has 3 N–H and O–H groups in total. The minimum Gasteiger partial charge on any atom is -0.504 e. The molecule has 1 aromatic carbocycles. The molecule has 1 aromatic rings. The van der Waals surface area contributed by atoms with Gasteiger partial charge in [-0.25, -0.2) is 4.79 Å². The number of aromatic hydroxyl groups is 1. The van der Waals surface area contributed by atoms with Crippen molar-refractivity contribution in [3.05, 3.63) is 23.8 Å². The minimum absolute atomic E-state index is 0.0988. The van der Waals surface area contributed by atoms with E-state index in [1.54, 1.807) is 18.2 Å². The van der Waals surface area contributed by atoms with Crippen LogP contribution in [0, 0.1) is 17.8 Å². The summed E-state index contributed by atoms with van der Waals surface area (Å²) in [5.74, 6) is 2.29. The molecule has 0 unspecified atom stereocenters. The van der Waals surface area contributed by atoms with E-state index in [0.717, 1.165) is 12.0 Å². The molecule has 0 aromatic heterocycles. The highest BCUT2D eigenvalue weighted by Gasteiger charge is 2.31. The lowest BCUT2D eigenvalue weighted by atomic mass is 9.74. The van der Waals surface area contributed by atoms with Gasteiger partial charge in [0.15, 0.2) is 11.5 Å². The summed E-state index contributed by atoms with van der Waals surface area (Å²) in [5.41, 5.74) is 0.886. The first-order chi connectivity index (χ1) is 11.4. The van der Waals surface area contributed by atoms with Crippen LogP contribution < -0.4 is 15.4 Å². The highest BCUT2D eigenvalue weighted by molar-refractivity contribution is 5.74. The van der Waals surface area contributed by atoms with Gasteiger partial charge in [0, 0.05) is 12.6 Å². The molecule has 5 heteroatoms. The molecular weight excluding hydrogens is 304 g/mol. The van der Waals surface area contributed by atoms with Gasteiger partial charge in [-0.1, -0.05) is 33.3 Å². The molecule has 0 spiro atoms. The van der Waals surface area contributed by atoms with Gasteiger partial charge in [-0.2, -0.15) is 0 Å². The number of methoxy groups -OCH3 is 1. The van der Waals surface area contributed by atoms with Crippen LogP contribution in [0.25, 0.3) is 0 Å². The first-order valence-corrected chi connectivity index (χ1v) is 8.81. The number of amides is 2. The average molecular weight is 334 g/mol. The summed E-state index contributed by atoms with van der Waals surface area (Å²) in [7, 11) is 1.51. The lowest BCUT2D eigenvalue weighted by molar-refractivity contribution is 0.168. The van der Waals surface area contributed by atoms with Gasteiger partial charge in [0.05, 0.1) is 7.11 Å². The van der Waals surface area contributed by atoms with E-state index >= 15 is 0 Å². The Bertz CT molecular complexity index is 560. The Labute approximate surface area is 144 Å². The molecule has 0 saturated heterocycles. The number of carbonyl (C=O) groups excluding carboxylic acids is 1. The van der Waals surface area contributed by atoms with Crippen molar-refractivity contribution in [3.8, 4) is 11.5 Å². The van der Waals surface area contributed by atoms with Crippen LogP contribution in [0.3, 0.4) is 0 Å². The van der Waals surface area contributed by atoms with E-state index in [9.17, 15) is 9.90 Å². The largest absolute Gasteiger partial charge is 0.504 e. The molecule has 1 fully saturated rings. The number of rotatable bonds is 5. The highest BCUT2D eigenvalue weighted by Crippen LogP contribution is 2.33.